The molecule has 4 heterocycles. The van der Waals surface area contributed by atoms with Crippen molar-refractivity contribution in [1.82, 2.24) is 14.3 Å². The fraction of sp³-hybridized carbons (Fsp3) is 0.435. The molecule has 176 valence electrons. The molecule has 0 atom stereocenters. The summed E-state index contributed by atoms with van der Waals surface area (Å²) in [5.74, 6) is -1.59. The molecule has 3 aromatic rings. The molecule has 0 unspecified atom stereocenters. The zero-order chi connectivity index (χ0) is 23.9. The number of halogens is 2. The number of amides is 2. The lowest BCUT2D eigenvalue weighted by Gasteiger charge is -2.33. The number of aryl methyl sites for hydroxylation is 1. The van der Waals surface area contributed by atoms with Crippen molar-refractivity contribution in [2.45, 2.75) is 52.1 Å². The van der Waals surface area contributed by atoms with Gasteiger partial charge < -0.3 is 19.4 Å². The van der Waals surface area contributed by atoms with Gasteiger partial charge in [0.2, 0.25) is 0 Å². The van der Waals surface area contributed by atoms with E-state index in [0.29, 0.717) is 36.5 Å². The number of carbonyl (C=O) groups excluding carboxylic acids is 2. The quantitative estimate of drug-likeness (QED) is 0.553. The number of hydrogen-bond donors (Lipinski definition) is 1. The second-order valence-corrected chi connectivity index (χ2v) is 10.3. The Morgan fingerprint density at radius 2 is 1.85 bits per heavy atom. The zero-order valence-electron chi connectivity index (χ0n) is 18.9. The molecule has 1 aliphatic heterocycles. The molecule has 4 rings (SSSR count). The van der Waals surface area contributed by atoms with E-state index >= 15 is 0 Å². The van der Waals surface area contributed by atoms with E-state index in [-0.39, 0.29) is 28.2 Å². The van der Waals surface area contributed by atoms with Crippen LogP contribution in [0.2, 0.25) is 0 Å². The second kappa shape index (κ2) is 8.74. The Kier molecular flexibility index (Phi) is 6.13. The first-order chi connectivity index (χ1) is 15.5. The van der Waals surface area contributed by atoms with Crippen molar-refractivity contribution in [3.05, 3.63) is 51.6 Å². The van der Waals surface area contributed by atoms with Crippen LogP contribution >= 0.6 is 11.3 Å². The lowest BCUT2D eigenvalue weighted by Crippen LogP contribution is -2.41. The van der Waals surface area contributed by atoms with Gasteiger partial charge in [-0.05, 0) is 52.5 Å². The molecule has 1 saturated heterocycles. The van der Waals surface area contributed by atoms with Crippen LogP contribution in [0.4, 0.5) is 19.3 Å². The largest absolute Gasteiger partial charge is 0.444 e. The Labute approximate surface area is 194 Å². The third-order valence-corrected chi connectivity index (χ3v) is 6.61. The summed E-state index contributed by atoms with van der Waals surface area (Å²) >= 11 is 1.09. The van der Waals surface area contributed by atoms with Crippen molar-refractivity contribution >= 4 is 34.7 Å². The highest BCUT2D eigenvalue weighted by molar-refractivity contribution is 7.14. The SMILES string of the molecule is Cc1cn2cc(NC(=O)c3cc(F)c(C4CCN(C(=O)OC(C)(C)C)CC4)s3)cc(F)c2n1. The van der Waals surface area contributed by atoms with E-state index in [9.17, 15) is 18.4 Å². The summed E-state index contributed by atoms with van der Waals surface area (Å²) < 4.78 is 35.9. The van der Waals surface area contributed by atoms with Gasteiger partial charge in [-0.15, -0.1) is 11.3 Å². The van der Waals surface area contributed by atoms with Crippen LogP contribution in [0, 0.1) is 18.6 Å². The first kappa shape index (κ1) is 23.2. The number of nitrogens with one attached hydrogen (secondary N) is 1. The van der Waals surface area contributed by atoms with Crippen LogP contribution in [0.1, 0.15) is 59.8 Å². The Morgan fingerprint density at radius 1 is 1.15 bits per heavy atom. The van der Waals surface area contributed by atoms with Crippen LogP contribution in [-0.2, 0) is 4.74 Å². The maximum Gasteiger partial charge on any atom is 0.410 e. The summed E-state index contributed by atoms with van der Waals surface area (Å²) in [5, 5.41) is 2.63. The topological polar surface area (TPSA) is 75.9 Å². The highest BCUT2D eigenvalue weighted by Crippen LogP contribution is 2.36. The second-order valence-electron chi connectivity index (χ2n) is 9.21. The number of rotatable bonds is 3. The van der Waals surface area contributed by atoms with Crippen molar-refractivity contribution in [2.24, 2.45) is 0 Å². The molecule has 33 heavy (non-hydrogen) atoms. The molecule has 0 spiro atoms. The summed E-state index contributed by atoms with van der Waals surface area (Å²) in [7, 11) is 0. The Balaban J connectivity index is 1.42. The van der Waals surface area contributed by atoms with Crippen LogP contribution in [0.5, 0.6) is 0 Å². The average molecular weight is 477 g/mol. The van der Waals surface area contributed by atoms with E-state index < -0.39 is 23.1 Å². The molecule has 10 heteroatoms. The molecule has 0 aliphatic carbocycles. The predicted octanol–water partition coefficient (Wildman–Crippen LogP) is 5.35. The molecule has 1 aliphatic rings. The molecule has 1 N–H and O–H groups in total. The van der Waals surface area contributed by atoms with Crippen LogP contribution < -0.4 is 5.32 Å². The number of piperidine rings is 1. The average Bonchev–Trinajstić information content (AvgIpc) is 3.29. The Bertz CT molecular complexity index is 1210. The third kappa shape index (κ3) is 5.16. The fourth-order valence-electron chi connectivity index (χ4n) is 3.86. The summed E-state index contributed by atoms with van der Waals surface area (Å²) in [6, 6.07) is 2.41. The van der Waals surface area contributed by atoms with Gasteiger partial charge in [0.1, 0.15) is 11.4 Å². The van der Waals surface area contributed by atoms with Crippen molar-refractivity contribution in [3.63, 3.8) is 0 Å². The van der Waals surface area contributed by atoms with E-state index in [2.05, 4.69) is 10.3 Å². The number of pyridine rings is 1. The number of aromatic nitrogens is 2. The molecule has 7 nitrogen and oxygen atoms in total. The highest BCUT2D eigenvalue weighted by Gasteiger charge is 2.30. The lowest BCUT2D eigenvalue weighted by atomic mass is 9.95. The molecule has 0 aromatic carbocycles. The van der Waals surface area contributed by atoms with Gasteiger partial charge in [0.25, 0.3) is 5.91 Å². The molecule has 0 radical (unpaired) electrons. The van der Waals surface area contributed by atoms with Gasteiger partial charge in [0, 0.05) is 36.4 Å². The highest BCUT2D eigenvalue weighted by atomic mass is 32.1. The maximum absolute atomic E-state index is 14.7. The minimum absolute atomic E-state index is 0.0852. The molecule has 3 aromatic heterocycles. The number of nitrogens with zero attached hydrogens (tertiary/aromatic N) is 3. The summed E-state index contributed by atoms with van der Waals surface area (Å²) in [6.07, 6.45) is 4.01. The van der Waals surface area contributed by atoms with E-state index in [1.54, 1.807) is 24.2 Å². The van der Waals surface area contributed by atoms with Crippen LogP contribution in [0.25, 0.3) is 5.65 Å². The van der Waals surface area contributed by atoms with Gasteiger partial charge >= 0.3 is 6.09 Å². The Hall–Kier alpha value is -3.01. The normalized spacial score (nSPS) is 15.2. The smallest absolute Gasteiger partial charge is 0.410 e. The zero-order valence-corrected chi connectivity index (χ0v) is 19.8. The van der Waals surface area contributed by atoms with Crippen molar-refractivity contribution in [2.75, 3.05) is 18.4 Å². The number of hydrogen-bond acceptors (Lipinski definition) is 5. The Morgan fingerprint density at radius 3 is 2.52 bits per heavy atom. The number of thiophene rings is 1. The molecule has 0 saturated carbocycles. The summed E-state index contributed by atoms with van der Waals surface area (Å²) in [5.41, 5.74) is 0.511. The van der Waals surface area contributed by atoms with Crippen LogP contribution in [-0.4, -0.2) is 45.0 Å². The van der Waals surface area contributed by atoms with Gasteiger partial charge in [-0.25, -0.2) is 18.6 Å². The third-order valence-electron chi connectivity index (χ3n) is 5.34. The van der Waals surface area contributed by atoms with Crippen LogP contribution in [0.3, 0.4) is 0 Å². The van der Waals surface area contributed by atoms with Crippen molar-refractivity contribution in [3.8, 4) is 0 Å². The number of anilines is 1. The van der Waals surface area contributed by atoms with E-state index in [1.807, 2.05) is 20.8 Å². The molecule has 2 amide bonds. The monoisotopic (exact) mass is 476 g/mol. The number of likely N-dealkylation sites (tertiary alicyclic amines) is 1. The van der Waals surface area contributed by atoms with Crippen LogP contribution in [0.15, 0.2) is 24.5 Å². The predicted molar refractivity (Wildman–Crippen MR) is 122 cm³/mol. The number of ether oxygens (including phenoxy) is 1. The van der Waals surface area contributed by atoms with Gasteiger partial charge in [0.15, 0.2) is 11.5 Å². The first-order valence-corrected chi connectivity index (χ1v) is 11.5. The van der Waals surface area contributed by atoms with Crippen molar-refractivity contribution in [1.29, 1.82) is 0 Å². The van der Waals surface area contributed by atoms with Crippen molar-refractivity contribution < 1.29 is 23.1 Å². The molecule has 0 bridgehead atoms. The standard InChI is InChI=1S/C23H26F2N4O3S/c1-13-11-29-12-15(9-17(25)20(29)26-13)27-21(30)18-10-16(24)19(33-18)14-5-7-28(8-6-14)22(31)32-23(2,3)4/h9-12,14H,5-8H2,1-4H3,(H,27,30). The minimum atomic E-state index is -0.569. The van der Waals surface area contributed by atoms with Gasteiger partial charge in [-0.3, -0.25) is 4.79 Å². The number of imidazole rings is 1. The van der Waals surface area contributed by atoms with Gasteiger partial charge in [-0.2, -0.15) is 0 Å². The fourth-order valence-corrected chi connectivity index (χ4v) is 4.97. The maximum atomic E-state index is 14.7. The summed E-state index contributed by atoms with van der Waals surface area (Å²) in [4.78, 5) is 31.4. The van der Waals surface area contributed by atoms with Gasteiger partial charge in [0.05, 0.1) is 16.3 Å². The summed E-state index contributed by atoms with van der Waals surface area (Å²) in [6.45, 7) is 8.11. The van der Waals surface area contributed by atoms with E-state index in [4.69, 9.17) is 4.74 Å². The lowest BCUT2D eigenvalue weighted by molar-refractivity contribution is 0.0205. The number of fused-ring (bicyclic) bond motifs is 1. The molecular weight excluding hydrogens is 450 g/mol. The number of carbonyl (C=O) groups is 2. The van der Waals surface area contributed by atoms with E-state index in [1.165, 1.54) is 16.5 Å². The molecule has 1 fully saturated rings. The minimum Gasteiger partial charge on any atom is -0.444 e. The molecular formula is C23H26F2N4O3S. The van der Waals surface area contributed by atoms with Gasteiger partial charge in [-0.1, -0.05) is 0 Å². The van der Waals surface area contributed by atoms with E-state index in [0.717, 1.165) is 11.3 Å². The first-order valence-electron chi connectivity index (χ1n) is 10.7.